The molecule has 0 radical (unpaired) electrons. The van der Waals surface area contributed by atoms with E-state index in [1.54, 1.807) is 20.8 Å². The normalized spacial score (nSPS) is 22.1. The van der Waals surface area contributed by atoms with Gasteiger partial charge in [0.1, 0.15) is 0 Å². The van der Waals surface area contributed by atoms with E-state index >= 15 is 0 Å². The van der Waals surface area contributed by atoms with E-state index < -0.39 is 29.9 Å². The summed E-state index contributed by atoms with van der Waals surface area (Å²) in [6, 6.07) is -0.481. The van der Waals surface area contributed by atoms with Crippen molar-refractivity contribution in [3.05, 3.63) is 0 Å². The first-order chi connectivity index (χ1) is 9.03. The van der Waals surface area contributed by atoms with Crippen molar-refractivity contribution in [2.45, 2.75) is 64.8 Å². The molecule has 1 fully saturated rings. The van der Waals surface area contributed by atoms with Gasteiger partial charge in [0.15, 0.2) is 0 Å². The third-order valence-corrected chi connectivity index (χ3v) is 3.46. The number of carboxylic acid groups (broad SMARTS) is 1. The van der Waals surface area contributed by atoms with Gasteiger partial charge in [0, 0.05) is 24.3 Å². The van der Waals surface area contributed by atoms with Crippen molar-refractivity contribution < 1.29 is 23.5 Å². The predicted octanol–water partition coefficient (Wildman–Crippen LogP) is 2.91. The number of halogens is 2. The second-order valence-corrected chi connectivity index (χ2v) is 6.54. The molecule has 1 heterocycles. The van der Waals surface area contributed by atoms with Crippen LogP contribution in [0.2, 0.25) is 0 Å². The van der Waals surface area contributed by atoms with Crippen LogP contribution in [0.5, 0.6) is 0 Å². The molecule has 0 aromatic rings. The maximum Gasteiger partial charge on any atom is 0.303 e. The fourth-order valence-electron chi connectivity index (χ4n) is 2.48. The molecular weight excluding hydrogens is 268 g/mol. The van der Waals surface area contributed by atoms with E-state index in [1.165, 1.54) is 4.90 Å². The number of hydrogen-bond acceptors (Lipinski definition) is 2. The van der Waals surface area contributed by atoms with Gasteiger partial charge in [0.25, 0.3) is 5.92 Å². The topological polar surface area (TPSA) is 57.6 Å². The Kier molecular flexibility index (Phi) is 5.10. The lowest BCUT2D eigenvalue weighted by Crippen LogP contribution is -2.43. The number of aliphatic carboxylic acids is 1. The van der Waals surface area contributed by atoms with Crippen LogP contribution in [-0.4, -0.2) is 40.4 Å². The van der Waals surface area contributed by atoms with E-state index in [0.29, 0.717) is 19.3 Å². The Hall–Kier alpha value is -1.20. The first kappa shape index (κ1) is 16.9. The molecule has 1 rings (SSSR count). The van der Waals surface area contributed by atoms with Crippen molar-refractivity contribution in [2.75, 3.05) is 6.54 Å². The second-order valence-electron chi connectivity index (χ2n) is 6.54. The maximum atomic E-state index is 13.5. The summed E-state index contributed by atoms with van der Waals surface area (Å²) >= 11 is 0. The lowest BCUT2D eigenvalue weighted by molar-refractivity contribution is -0.142. The van der Waals surface area contributed by atoms with Crippen LogP contribution in [-0.2, 0) is 9.59 Å². The van der Waals surface area contributed by atoms with Crippen molar-refractivity contribution >= 4 is 11.9 Å². The van der Waals surface area contributed by atoms with Gasteiger partial charge in [-0.3, -0.25) is 9.59 Å². The van der Waals surface area contributed by atoms with Gasteiger partial charge in [-0.05, 0) is 12.8 Å². The van der Waals surface area contributed by atoms with Gasteiger partial charge in [-0.1, -0.05) is 27.2 Å². The Balaban J connectivity index is 2.61. The highest BCUT2D eigenvalue weighted by Gasteiger charge is 2.48. The standard InChI is InChI=1S/C14H23F2NO3/c1-13(2,3)12(20)17-9-14(15,16)8-10(17)6-4-5-7-11(18)19/h10H,4-9H2,1-3H3,(H,18,19)/t10-/m1/s1. The summed E-state index contributed by atoms with van der Waals surface area (Å²) in [6.07, 6.45) is 1.15. The molecule has 0 unspecified atom stereocenters. The predicted molar refractivity (Wildman–Crippen MR) is 70.6 cm³/mol. The molecule has 20 heavy (non-hydrogen) atoms. The van der Waals surface area contributed by atoms with Crippen LogP contribution >= 0.6 is 0 Å². The van der Waals surface area contributed by atoms with E-state index in [1.807, 2.05) is 0 Å². The molecule has 1 aliphatic heterocycles. The van der Waals surface area contributed by atoms with E-state index in [4.69, 9.17) is 5.11 Å². The minimum atomic E-state index is -2.83. The van der Waals surface area contributed by atoms with Crippen molar-refractivity contribution in [1.82, 2.24) is 4.90 Å². The van der Waals surface area contributed by atoms with Crippen molar-refractivity contribution in [1.29, 1.82) is 0 Å². The minimum absolute atomic E-state index is 0.0380. The molecule has 1 atom stereocenters. The van der Waals surface area contributed by atoms with Crippen LogP contribution < -0.4 is 0 Å². The van der Waals surface area contributed by atoms with Crippen LogP contribution in [0.3, 0.4) is 0 Å². The highest BCUT2D eigenvalue weighted by Crippen LogP contribution is 2.36. The average Bonchev–Trinajstić information content (AvgIpc) is 2.57. The Labute approximate surface area is 118 Å². The van der Waals surface area contributed by atoms with Crippen molar-refractivity contribution in [3.63, 3.8) is 0 Å². The molecular formula is C14H23F2NO3. The summed E-state index contributed by atoms with van der Waals surface area (Å²) < 4.78 is 27.1. The summed E-state index contributed by atoms with van der Waals surface area (Å²) in [5.74, 6) is -3.99. The van der Waals surface area contributed by atoms with Crippen LogP contribution in [0, 0.1) is 5.41 Å². The summed E-state index contributed by atoms with van der Waals surface area (Å²) in [7, 11) is 0. The Morgan fingerprint density at radius 3 is 2.40 bits per heavy atom. The first-order valence-electron chi connectivity index (χ1n) is 6.94. The molecule has 1 saturated heterocycles. The summed E-state index contributed by atoms with van der Waals surface area (Å²) in [5.41, 5.74) is -0.681. The summed E-state index contributed by atoms with van der Waals surface area (Å²) in [4.78, 5) is 23.9. The zero-order valence-electron chi connectivity index (χ0n) is 12.3. The Bertz CT molecular complexity index is 377. The molecule has 0 saturated carbocycles. The number of unbranched alkanes of at least 4 members (excludes halogenated alkanes) is 1. The van der Waals surface area contributed by atoms with Gasteiger partial charge < -0.3 is 10.0 Å². The fraction of sp³-hybridized carbons (Fsp3) is 0.857. The van der Waals surface area contributed by atoms with Crippen LogP contribution in [0.1, 0.15) is 52.9 Å². The van der Waals surface area contributed by atoms with E-state index in [9.17, 15) is 18.4 Å². The molecule has 116 valence electrons. The maximum absolute atomic E-state index is 13.5. The molecule has 1 N–H and O–H groups in total. The fourth-order valence-corrected chi connectivity index (χ4v) is 2.48. The van der Waals surface area contributed by atoms with Crippen molar-refractivity contribution in [3.8, 4) is 0 Å². The van der Waals surface area contributed by atoms with E-state index in [0.717, 1.165) is 0 Å². The van der Waals surface area contributed by atoms with Gasteiger partial charge in [0.05, 0.1) is 6.54 Å². The molecule has 0 aromatic carbocycles. The zero-order chi connectivity index (χ0) is 15.6. The number of carbonyl (C=O) groups excluding carboxylic acids is 1. The molecule has 0 aliphatic carbocycles. The van der Waals surface area contributed by atoms with Gasteiger partial charge in [0.2, 0.25) is 5.91 Å². The number of hydrogen-bond donors (Lipinski definition) is 1. The SMILES string of the molecule is CC(C)(C)C(=O)N1CC(F)(F)C[C@H]1CCCCC(=O)O. The Morgan fingerprint density at radius 2 is 1.90 bits per heavy atom. The number of alkyl halides is 2. The number of carbonyl (C=O) groups is 2. The number of amides is 1. The Morgan fingerprint density at radius 1 is 1.30 bits per heavy atom. The van der Waals surface area contributed by atoms with Gasteiger partial charge in [-0.15, -0.1) is 0 Å². The first-order valence-corrected chi connectivity index (χ1v) is 6.94. The number of rotatable bonds is 5. The highest BCUT2D eigenvalue weighted by molar-refractivity contribution is 5.82. The van der Waals surface area contributed by atoms with E-state index in [2.05, 4.69) is 0 Å². The lowest BCUT2D eigenvalue weighted by atomic mass is 9.94. The number of nitrogens with zero attached hydrogens (tertiary/aromatic N) is 1. The summed E-state index contributed by atoms with van der Waals surface area (Å²) in [6.45, 7) is 4.63. The van der Waals surface area contributed by atoms with Crippen LogP contribution in [0.4, 0.5) is 8.78 Å². The molecule has 0 bridgehead atoms. The zero-order valence-corrected chi connectivity index (χ0v) is 12.3. The summed E-state index contributed by atoms with van der Waals surface area (Å²) in [5, 5.41) is 8.55. The second kappa shape index (κ2) is 6.06. The van der Waals surface area contributed by atoms with E-state index in [-0.39, 0.29) is 18.7 Å². The van der Waals surface area contributed by atoms with Crippen molar-refractivity contribution in [2.24, 2.45) is 5.41 Å². The van der Waals surface area contributed by atoms with Crippen LogP contribution in [0.25, 0.3) is 0 Å². The molecule has 1 aliphatic rings. The smallest absolute Gasteiger partial charge is 0.303 e. The molecule has 1 amide bonds. The third kappa shape index (κ3) is 4.72. The number of carboxylic acids is 1. The lowest BCUT2D eigenvalue weighted by Gasteiger charge is -2.30. The third-order valence-electron chi connectivity index (χ3n) is 3.46. The molecule has 6 heteroatoms. The number of likely N-dealkylation sites (tertiary alicyclic amines) is 1. The van der Waals surface area contributed by atoms with Gasteiger partial charge in [-0.2, -0.15) is 0 Å². The van der Waals surface area contributed by atoms with Gasteiger partial charge in [-0.25, -0.2) is 8.78 Å². The monoisotopic (exact) mass is 291 g/mol. The highest BCUT2D eigenvalue weighted by atomic mass is 19.3. The minimum Gasteiger partial charge on any atom is -0.481 e. The van der Waals surface area contributed by atoms with Gasteiger partial charge >= 0.3 is 5.97 Å². The largest absolute Gasteiger partial charge is 0.481 e. The molecule has 4 nitrogen and oxygen atoms in total. The molecule has 0 aromatic heterocycles. The van der Waals surface area contributed by atoms with Crippen LogP contribution in [0.15, 0.2) is 0 Å². The average molecular weight is 291 g/mol. The molecule has 0 spiro atoms. The quantitative estimate of drug-likeness (QED) is 0.792.